The monoisotopic (exact) mass is 351 g/mol. The number of carbonyl (C=O) groups excluding carboxylic acids is 1. The first kappa shape index (κ1) is 17.2. The molecule has 0 unspecified atom stereocenters. The van der Waals surface area contributed by atoms with Gasteiger partial charge in [0.2, 0.25) is 0 Å². The molecule has 4 nitrogen and oxygen atoms in total. The van der Waals surface area contributed by atoms with Gasteiger partial charge in [0.05, 0.1) is 0 Å². The van der Waals surface area contributed by atoms with Gasteiger partial charge in [0.15, 0.2) is 0 Å². The Labute approximate surface area is 144 Å². The number of aliphatic hydroxyl groups is 1. The van der Waals surface area contributed by atoms with Crippen LogP contribution in [0, 0.1) is 5.82 Å². The van der Waals surface area contributed by atoms with Gasteiger partial charge in [0, 0.05) is 28.1 Å². The molecule has 1 fully saturated rings. The minimum Gasteiger partial charge on any atom is -0.444 e. The number of hydrogen-bond acceptors (Lipinski definition) is 4. The van der Waals surface area contributed by atoms with Crippen molar-refractivity contribution in [2.45, 2.75) is 44.8 Å². The fourth-order valence-electron chi connectivity index (χ4n) is 2.89. The molecule has 0 spiro atoms. The van der Waals surface area contributed by atoms with E-state index in [1.807, 2.05) is 26.8 Å². The van der Waals surface area contributed by atoms with Crippen LogP contribution in [0.1, 0.15) is 38.5 Å². The van der Waals surface area contributed by atoms with Crippen molar-refractivity contribution in [1.29, 1.82) is 0 Å². The summed E-state index contributed by atoms with van der Waals surface area (Å²) in [6, 6.07) is 6.69. The molecule has 0 bridgehead atoms. The van der Waals surface area contributed by atoms with Gasteiger partial charge in [-0.05, 0) is 51.8 Å². The quantitative estimate of drug-likeness (QED) is 0.835. The molecule has 0 radical (unpaired) electrons. The molecule has 0 saturated carbocycles. The van der Waals surface area contributed by atoms with Crippen molar-refractivity contribution < 1.29 is 19.0 Å². The molecule has 130 valence electrons. The van der Waals surface area contributed by atoms with Crippen LogP contribution < -0.4 is 0 Å². The lowest BCUT2D eigenvalue weighted by Gasteiger charge is -2.38. The van der Waals surface area contributed by atoms with Crippen molar-refractivity contribution in [3.05, 3.63) is 35.0 Å². The second kappa shape index (κ2) is 6.01. The zero-order valence-corrected chi connectivity index (χ0v) is 15.0. The Hall–Kier alpha value is -1.66. The third kappa shape index (κ3) is 3.39. The van der Waals surface area contributed by atoms with Crippen LogP contribution in [0.2, 0.25) is 0 Å². The van der Waals surface area contributed by atoms with Gasteiger partial charge < -0.3 is 14.7 Å². The molecule has 1 aromatic heterocycles. The molecule has 2 heterocycles. The van der Waals surface area contributed by atoms with Crippen LogP contribution >= 0.6 is 11.3 Å². The number of thiophene rings is 1. The molecule has 3 rings (SSSR count). The fourth-order valence-corrected chi connectivity index (χ4v) is 4.11. The van der Waals surface area contributed by atoms with Crippen LogP contribution in [-0.4, -0.2) is 34.8 Å². The van der Waals surface area contributed by atoms with E-state index in [0.717, 1.165) is 9.58 Å². The molecule has 1 aromatic carbocycles. The summed E-state index contributed by atoms with van der Waals surface area (Å²) in [4.78, 5) is 14.5. The highest BCUT2D eigenvalue weighted by molar-refractivity contribution is 7.19. The molecule has 1 aliphatic heterocycles. The third-order valence-corrected chi connectivity index (χ3v) is 5.50. The molecule has 0 atom stereocenters. The standard InChI is InChI=1S/C18H22FNO3S/c1-17(2,3)23-16(21)20-9-7-18(22,8-10-20)15-11-12-13(19)5-4-6-14(12)24-15/h4-6,11,22H,7-10H2,1-3H3. The van der Waals surface area contributed by atoms with Gasteiger partial charge in [-0.15, -0.1) is 11.3 Å². The van der Waals surface area contributed by atoms with E-state index in [4.69, 9.17) is 4.74 Å². The number of rotatable bonds is 1. The highest BCUT2D eigenvalue weighted by Crippen LogP contribution is 2.40. The lowest BCUT2D eigenvalue weighted by Crippen LogP contribution is -2.46. The van der Waals surface area contributed by atoms with Gasteiger partial charge in [0.1, 0.15) is 17.0 Å². The number of benzene rings is 1. The largest absolute Gasteiger partial charge is 0.444 e. The van der Waals surface area contributed by atoms with Crippen LogP contribution in [-0.2, 0) is 10.3 Å². The molecule has 24 heavy (non-hydrogen) atoms. The van der Waals surface area contributed by atoms with Gasteiger partial charge in [-0.1, -0.05) is 6.07 Å². The zero-order valence-electron chi connectivity index (χ0n) is 14.1. The Balaban J connectivity index is 1.74. The highest BCUT2D eigenvalue weighted by Gasteiger charge is 2.38. The normalized spacial score (nSPS) is 18.0. The summed E-state index contributed by atoms with van der Waals surface area (Å²) >= 11 is 1.41. The fraction of sp³-hybridized carbons (Fsp3) is 0.500. The average molecular weight is 351 g/mol. The van der Waals surface area contributed by atoms with E-state index >= 15 is 0 Å². The number of fused-ring (bicyclic) bond motifs is 1. The molecule has 1 saturated heterocycles. The van der Waals surface area contributed by atoms with Crippen LogP contribution in [0.3, 0.4) is 0 Å². The first-order valence-electron chi connectivity index (χ1n) is 8.07. The Bertz CT molecular complexity index is 757. The summed E-state index contributed by atoms with van der Waals surface area (Å²) in [6.07, 6.45) is 0.480. The van der Waals surface area contributed by atoms with E-state index in [-0.39, 0.29) is 11.9 Å². The minimum atomic E-state index is -1.02. The second-order valence-corrected chi connectivity index (χ2v) is 8.35. The number of ether oxygens (including phenoxy) is 1. The van der Waals surface area contributed by atoms with Crippen LogP contribution in [0.15, 0.2) is 24.3 Å². The summed E-state index contributed by atoms with van der Waals surface area (Å²) in [5.74, 6) is -0.273. The van der Waals surface area contributed by atoms with Crippen molar-refractivity contribution in [1.82, 2.24) is 4.90 Å². The van der Waals surface area contributed by atoms with E-state index in [0.29, 0.717) is 31.3 Å². The maximum atomic E-state index is 13.9. The Morgan fingerprint density at radius 2 is 2.00 bits per heavy atom. The number of carbonyl (C=O) groups is 1. The maximum absolute atomic E-state index is 13.9. The summed E-state index contributed by atoms with van der Waals surface area (Å²) in [7, 11) is 0. The molecular weight excluding hydrogens is 329 g/mol. The SMILES string of the molecule is CC(C)(C)OC(=O)N1CCC(O)(c2cc3c(F)cccc3s2)CC1. The van der Waals surface area contributed by atoms with Crippen molar-refractivity contribution in [3.63, 3.8) is 0 Å². The van der Waals surface area contributed by atoms with E-state index in [1.165, 1.54) is 17.4 Å². The highest BCUT2D eigenvalue weighted by atomic mass is 32.1. The molecule has 1 amide bonds. The number of amides is 1. The summed E-state index contributed by atoms with van der Waals surface area (Å²) < 4.78 is 20.1. The van der Waals surface area contributed by atoms with E-state index in [2.05, 4.69) is 0 Å². The van der Waals surface area contributed by atoms with Crippen molar-refractivity contribution in [2.75, 3.05) is 13.1 Å². The van der Waals surface area contributed by atoms with Crippen molar-refractivity contribution >= 4 is 27.5 Å². The Kier molecular flexibility index (Phi) is 4.30. The number of likely N-dealkylation sites (tertiary alicyclic amines) is 1. The lowest BCUT2D eigenvalue weighted by atomic mass is 9.90. The van der Waals surface area contributed by atoms with Gasteiger partial charge in [-0.3, -0.25) is 0 Å². The third-order valence-electron chi connectivity index (χ3n) is 4.21. The first-order valence-corrected chi connectivity index (χ1v) is 8.88. The van der Waals surface area contributed by atoms with Crippen LogP contribution in [0.25, 0.3) is 10.1 Å². The number of piperidine rings is 1. The smallest absolute Gasteiger partial charge is 0.410 e. The summed E-state index contributed by atoms with van der Waals surface area (Å²) in [5.41, 5.74) is -1.55. The van der Waals surface area contributed by atoms with Gasteiger partial charge in [-0.25, -0.2) is 9.18 Å². The molecule has 1 aliphatic rings. The number of halogens is 1. The van der Waals surface area contributed by atoms with Crippen LogP contribution in [0.5, 0.6) is 0 Å². The Morgan fingerprint density at radius 1 is 1.33 bits per heavy atom. The van der Waals surface area contributed by atoms with E-state index < -0.39 is 11.2 Å². The van der Waals surface area contributed by atoms with Gasteiger partial charge >= 0.3 is 6.09 Å². The first-order chi connectivity index (χ1) is 11.2. The predicted molar refractivity (Wildman–Crippen MR) is 92.7 cm³/mol. The van der Waals surface area contributed by atoms with E-state index in [1.54, 1.807) is 17.0 Å². The second-order valence-electron chi connectivity index (χ2n) is 7.26. The van der Waals surface area contributed by atoms with Gasteiger partial charge in [0.25, 0.3) is 0 Å². The van der Waals surface area contributed by atoms with Gasteiger partial charge in [-0.2, -0.15) is 0 Å². The molecule has 2 aromatic rings. The maximum Gasteiger partial charge on any atom is 0.410 e. The molecule has 0 aliphatic carbocycles. The number of hydrogen-bond donors (Lipinski definition) is 1. The lowest BCUT2D eigenvalue weighted by molar-refractivity contribution is -0.0334. The molecule has 6 heteroatoms. The topological polar surface area (TPSA) is 49.8 Å². The predicted octanol–water partition coefficient (Wildman–Crippen LogP) is 4.26. The zero-order chi connectivity index (χ0) is 17.5. The average Bonchev–Trinajstić information content (AvgIpc) is 2.92. The summed E-state index contributed by atoms with van der Waals surface area (Å²) in [6.45, 7) is 6.33. The molecule has 1 N–H and O–H groups in total. The molecular formula is C18H22FNO3S. The van der Waals surface area contributed by atoms with Crippen molar-refractivity contribution in [2.24, 2.45) is 0 Å². The van der Waals surface area contributed by atoms with Crippen LogP contribution in [0.4, 0.5) is 9.18 Å². The van der Waals surface area contributed by atoms with Crippen molar-refractivity contribution in [3.8, 4) is 0 Å². The number of nitrogens with zero attached hydrogens (tertiary/aromatic N) is 1. The summed E-state index contributed by atoms with van der Waals surface area (Å²) in [5, 5.41) is 11.5. The Morgan fingerprint density at radius 3 is 2.58 bits per heavy atom. The minimum absolute atomic E-state index is 0.273. The van der Waals surface area contributed by atoms with E-state index in [9.17, 15) is 14.3 Å².